The molecule has 0 aromatic carbocycles. The largest absolute Gasteiger partial charge is 1.00 e. The van der Waals surface area contributed by atoms with Gasteiger partial charge in [0.2, 0.25) is 0 Å². The molecule has 0 aliphatic rings. The zero-order chi connectivity index (χ0) is 28.0. The van der Waals surface area contributed by atoms with Crippen LogP contribution in [0, 0.1) is 0 Å². The molecule has 0 spiro atoms. The number of aliphatic hydroxyl groups is 1. The Labute approximate surface area is 253 Å². The Hall–Kier alpha value is 0.170. The molecule has 0 radical (unpaired) electrons. The highest BCUT2D eigenvalue weighted by Crippen LogP contribution is 2.15. The first kappa shape index (κ1) is 41.3. The van der Waals surface area contributed by atoms with Crippen molar-refractivity contribution in [2.75, 3.05) is 40.4 Å². The molecular formula is C35H74ClNO2. The van der Waals surface area contributed by atoms with Crippen LogP contribution < -0.4 is 12.4 Å². The van der Waals surface area contributed by atoms with Crippen LogP contribution in [0.2, 0.25) is 0 Å². The summed E-state index contributed by atoms with van der Waals surface area (Å²) in [6.07, 6.45) is 35.8. The lowest BCUT2D eigenvalue weighted by Gasteiger charge is -2.32. The predicted octanol–water partition coefficient (Wildman–Crippen LogP) is 7.63. The smallest absolute Gasteiger partial charge is 0.126 e. The number of ether oxygens (including phenoxy) is 1. The van der Waals surface area contributed by atoms with Gasteiger partial charge in [-0.3, -0.25) is 0 Å². The van der Waals surface area contributed by atoms with Crippen molar-refractivity contribution in [1.82, 2.24) is 0 Å². The van der Waals surface area contributed by atoms with Gasteiger partial charge in [-0.2, -0.15) is 0 Å². The molecule has 238 valence electrons. The van der Waals surface area contributed by atoms with Gasteiger partial charge in [0.05, 0.1) is 27.2 Å². The van der Waals surface area contributed by atoms with Gasteiger partial charge in [-0.1, -0.05) is 162 Å². The van der Waals surface area contributed by atoms with Crippen LogP contribution in [0.4, 0.5) is 0 Å². The second-order valence-electron chi connectivity index (χ2n) is 13.1. The fraction of sp³-hybridized carbons (Fsp3) is 1.00. The Morgan fingerprint density at radius 1 is 0.487 bits per heavy atom. The molecule has 0 aromatic heterocycles. The number of aliphatic hydroxyl groups excluding tert-OH is 1. The molecule has 3 nitrogen and oxygen atoms in total. The maximum Gasteiger partial charge on any atom is 0.126 e. The summed E-state index contributed by atoms with van der Waals surface area (Å²) in [5.74, 6) is 0. The second-order valence-corrected chi connectivity index (χ2v) is 13.1. The Balaban J connectivity index is 0. The van der Waals surface area contributed by atoms with Crippen LogP contribution in [0.3, 0.4) is 0 Å². The SMILES string of the molecule is CCCCCCCCCCCCCCCCCC[N+](C)(C)CC(O)COCCCCCCCCCCCC.[Cl-]. The minimum atomic E-state index is -0.339. The summed E-state index contributed by atoms with van der Waals surface area (Å²) in [5.41, 5.74) is 0. The summed E-state index contributed by atoms with van der Waals surface area (Å²) in [4.78, 5) is 0. The number of hydrogen-bond acceptors (Lipinski definition) is 2. The monoisotopic (exact) mass is 576 g/mol. The van der Waals surface area contributed by atoms with Crippen LogP contribution in [0.15, 0.2) is 0 Å². The molecule has 0 saturated carbocycles. The molecule has 0 fully saturated rings. The number of halogens is 1. The fourth-order valence-electron chi connectivity index (χ4n) is 5.71. The highest BCUT2D eigenvalue weighted by atomic mass is 35.5. The third kappa shape index (κ3) is 34.3. The summed E-state index contributed by atoms with van der Waals surface area (Å²) in [6.45, 7) is 7.84. The normalized spacial score (nSPS) is 12.5. The Morgan fingerprint density at radius 3 is 1.15 bits per heavy atom. The molecule has 0 rings (SSSR count). The number of unbranched alkanes of at least 4 members (excludes halogenated alkanes) is 24. The number of likely N-dealkylation sites (N-methyl/N-ethyl adjacent to an activating group) is 1. The summed E-state index contributed by atoms with van der Waals surface area (Å²) in [5, 5.41) is 10.4. The third-order valence-corrected chi connectivity index (χ3v) is 8.27. The molecule has 0 aliphatic heterocycles. The van der Waals surface area contributed by atoms with E-state index in [4.69, 9.17) is 4.74 Å². The summed E-state index contributed by atoms with van der Waals surface area (Å²) < 4.78 is 6.69. The molecule has 4 heteroatoms. The number of rotatable bonds is 32. The van der Waals surface area contributed by atoms with E-state index in [-0.39, 0.29) is 18.5 Å². The van der Waals surface area contributed by atoms with Gasteiger partial charge in [-0.25, -0.2) is 0 Å². The lowest BCUT2D eigenvalue weighted by Crippen LogP contribution is -3.00. The van der Waals surface area contributed by atoms with Gasteiger partial charge in [0.1, 0.15) is 12.6 Å². The highest BCUT2D eigenvalue weighted by Gasteiger charge is 2.20. The Bertz CT molecular complexity index is 446. The number of hydrogen-bond donors (Lipinski definition) is 1. The van der Waals surface area contributed by atoms with E-state index in [0.29, 0.717) is 6.61 Å². The van der Waals surface area contributed by atoms with Crippen molar-refractivity contribution in [3.8, 4) is 0 Å². The van der Waals surface area contributed by atoms with Gasteiger partial charge in [0.15, 0.2) is 0 Å². The molecule has 39 heavy (non-hydrogen) atoms. The lowest BCUT2D eigenvalue weighted by molar-refractivity contribution is -0.893. The standard InChI is InChI=1S/C35H74NO2.ClH/c1-5-7-9-11-13-15-17-18-19-20-21-22-23-25-27-29-31-36(3,4)33-35(37)34-38-32-30-28-26-24-16-14-12-10-8-6-2;/h35,37H,5-34H2,1-4H3;1H/q+1;/p-1. The molecule has 0 heterocycles. The second kappa shape index (κ2) is 32.7. The van der Waals surface area contributed by atoms with Gasteiger partial charge < -0.3 is 26.7 Å². The van der Waals surface area contributed by atoms with Crippen molar-refractivity contribution in [2.24, 2.45) is 0 Å². The van der Waals surface area contributed by atoms with Gasteiger partial charge in [0.25, 0.3) is 0 Å². The van der Waals surface area contributed by atoms with Crippen molar-refractivity contribution < 1.29 is 26.7 Å². The molecule has 0 amide bonds. The lowest BCUT2D eigenvalue weighted by atomic mass is 10.0. The maximum absolute atomic E-state index is 10.4. The first-order valence-electron chi connectivity index (χ1n) is 17.6. The van der Waals surface area contributed by atoms with Gasteiger partial charge in [0, 0.05) is 6.61 Å². The topological polar surface area (TPSA) is 29.5 Å². The van der Waals surface area contributed by atoms with Crippen molar-refractivity contribution in [3.05, 3.63) is 0 Å². The van der Waals surface area contributed by atoms with E-state index in [1.54, 1.807) is 0 Å². The van der Waals surface area contributed by atoms with E-state index >= 15 is 0 Å². The molecule has 0 aromatic rings. The van der Waals surface area contributed by atoms with Crippen molar-refractivity contribution in [2.45, 2.75) is 187 Å². The van der Waals surface area contributed by atoms with Gasteiger partial charge in [-0.05, 0) is 19.3 Å². The van der Waals surface area contributed by atoms with Crippen LogP contribution in [-0.2, 0) is 4.74 Å². The van der Waals surface area contributed by atoms with E-state index in [2.05, 4.69) is 27.9 Å². The van der Waals surface area contributed by atoms with Crippen LogP contribution in [0.25, 0.3) is 0 Å². The van der Waals surface area contributed by atoms with Crippen molar-refractivity contribution >= 4 is 0 Å². The molecule has 0 aliphatic carbocycles. The van der Waals surface area contributed by atoms with E-state index in [1.807, 2.05) is 0 Å². The average molecular weight is 576 g/mol. The minimum Gasteiger partial charge on any atom is -1.00 e. The zero-order valence-corrected chi connectivity index (χ0v) is 28.2. The predicted molar refractivity (Wildman–Crippen MR) is 170 cm³/mol. The molecular weight excluding hydrogens is 502 g/mol. The van der Waals surface area contributed by atoms with Crippen LogP contribution in [0.5, 0.6) is 0 Å². The van der Waals surface area contributed by atoms with Crippen LogP contribution >= 0.6 is 0 Å². The van der Waals surface area contributed by atoms with Crippen LogP contribution in [0.1, 0.15) is 181 Å². The number of quaternary nitrogens is 1. The Kier molecular flexibility index (Phi) is 34.6. The Morgan fingerprint density at radius 2 is 0.795 bits per heavy atom. The van der Waals surface area contributed by atoms with E-state index in [9.17, 15) is 5.11 Å². The zero-order valence-electron chi connectivity index (χ0n) is 27.5. The summed E-state index contributed by atoms with van der Waals surface area (Å²) >= 11 is 0. The molecule has 0 bridgehead atoms. The first-order valence-corrected chi connectivity index (χ1v) is 17.6. The van der Waals surface area contributed by atoms with E-state index in [1.165, 1.54) is 161 Å². The molecule has 1 unspecified atom stereocenters. The minimum absolute atomic E-state index is 0. The van der Waals surface area contributed by atoms with E-state index < -0.39 is 0 Å². The quantitative estimate of drug-likeness (QED) is 0.0660. The molecule has 1 atom stereocenters. The van der Waals surface area contributed by atoms with Crippen LogP contribution in [-0.4, -0.2) is 56.1 Å². The van der Waals surface area contributed by atoms with Crippen molar-refractivity contribution in [1.29, 1.82) is 0 Å². The fourth-order valence-corrected chi connectivity index (χ4v) is 5.71. The molecule has 0 saturated heterocycles. The average Bonchev–Trinajstić information content (AvgIpc) is 2.88. The summed E-state index contributed by atoms with van der Waals surface area (Å²) in [7, 11) is 4.52. The number of nitrogens with zero attached hydrogens (tertiary/aromatic N) is 1. The molecule has 1 N–H and O–H groups in total. The summed E-state index contributed by atoms with van der Waals surface area (Å²) in [6, 6.07) is 0. The highest BCUT2D eigenvalue weighted by molar-refractivity contribution is 4.55. The maximum atomic E-state index is 10.4. The van der Waals surface area contributed by atoms with Gasteiger partial charge in [-0.15, -0.1) is 0 Å². The first-order chi connectivity index (χ1) is 18.5. The third-order valence-electron chi connectivity index (χ3n) is 8.27. The van der Waals surface area contributed by atoms with E-state index in [0.717, 1.165) is 30.6 Å². The van der Waals surface area contributed by atoms with Gasteiger partial charge >= 0.3 is 0 Å². The van der Waals surface area contributed by atoms with Crippen molar-refractivity contribution in [3.63, 3.8) is 0 Å².